The SMILES string of the molecule is c1cc(Sc2ccc(OC3CCCCC3)cc2)ccc1OC1CCCCC1. The van der Waals surface area contributed by atoms with Crippen LogP contribution in [0.25, 0.3) is 0 Å². The maximum atomic E-state index is 6.12. The molecule has 2 aliphatic carbocycles. The normalized spacial score (nSPS) is 19.0. The second kappa shape index (κ2) is 9.54. The summed E-state index contributed by atoms with van der Waals surface area (Å²) in [5.41, 5.74) is 0. The molecule has 0 aliphatic heterocycles. The van der Waals surface area contributed by atoms with Gasteiger partial charge in [0.05, 0.1) is 12.2 Å². The lowest BCUT2D eigenvalue weighted by Gasteiger charge is -2.23. The highest BCUT2D eigenvalue weighted by atomic mass is 32.2. The van der Waals surface area contributed by atoms with Crippen LogP contribution < -0.4 is 9.47 Å². The molecular formula is C24H30O2S. The van der Waals surface area contributed by atoms with Gasteiger partial charge in [0.1, 0.15) is 11.5 Å². The highest BCUT2D eigenvalue weighted by Gasteiger charge is 2.15. The maximum absolute atomic E-state index is 6.12. The molecule has 2 aromatic rings. The number of hydrogen-bond donors (Lipinski definition) is 0. The van der Waals surface area contributed by atoms with E-state index in [1.54, 1.807) is 11.8 Å². The molecule has 0 saturated heterocycles. The molecule has 27 heavy (non-hydrogen) atoms. The Morgan fingerprint density at radius 2 is 0.889 bits per heavy atom. The van der Waals surface area contributed by atoms with Gasteiger partial charge in [0.25, 0.3) is 0 Å². The third-order valence-corrected chi connectivity index (χ3v) is 6.61. The minimum absolute atomic E-state index is 0.411. The smallest absolute Gasteiger partial charge is 0.119 e. The molecule has 0 aromatic heterocycles. The fourth-order valence-corrected chi connectivity index (χ4v) is 4.88. The zero-order valence-corrected chi connectivity index (χ0v) is 16.9. The summed E-state index contributed by atoms with van der Waals surface area (Å²) in [6, 6.07) is 17.1. The highest BCUT2D eigenvalue weighted by Crippen LogP contribution is 2.32. The minimum Gasteiger partial charge on any atom is -0.490 e. The van der Waals surface area contributed by atoms with Crippen molar-refractivity contribution in [3.05, 3.63) is 48.5 Å². The van der Waals surface area contributed by atoms with Crippen molar-refractivity contribution < 1.29 is 9.47 Å². The first-order valence-electron chi connectivity index (χ1n) is 10.6. The molecule has 2 fully saturated rings. The molecule has 0 atom stereocenters. The Labute approximate surface area is 167 Å². The zero-order chi connectivity index (χ0) is 18.3. The molecule has 3 heteroatoms. The van der Waals surface area contributed by atoms with Crippen LogP contribution in [-0.2, 0) is 0 Å². The van der Waals surface area contributed by atoms with Crippen LogP contribution in [-0.4, -0.2) is 12.2 Å². The number of ether oxygens (including phenoxy) is 2. The van der Waals surface area contributed by atoms with Crippen LogP contribution in [0.1, 0.15) is 64.2 Å². The zero-order valence-electron chi connectivity index (χ0n) is 16.1. The fraction of sp³-hybridized carbons (Fsp3) is 0.500. The summed E-state index contributed by atoms with van der Waals surface area (Å²) in [5.74, 6) is 2.00. The second-order valence-corrected chi connectivity index (χ2v) is 8.95. The van der Waals surface area contributed by atoms with Crippen molar-refractivity contribution >= 4 is 11.8 Å². The number of hydrogen-bond acceptors (Lipinski definition) is 3. The van der Waals surface area contributed by atoms with Gasteiger partial charge in [-0.15, -0.1) is 0 Å². The van der Waals surface area contributed by atoms with Gasteiger partial charge in [-0.2, -0.15) is 0 Å². The lowest BCUT2D eigenvalue weighted by atomic mass is 9.98. The molecule has 0 bridgehead atoms. The third-order valence-electron chi connectivity index (χ3n) is 5.59. The maximum Gasteiger partial charge on any atom is 0.119 e. The van der Waals surface area contributed by atoms with E-state index < -0.39 is 0 Å². The molecule has 144 valence electrons. The van der Waals surface area contributed by atoms with Gasteiger partial charge in [0.15, 0.2) is 0 Å². The van der Waals surface area contributed by atoms with E-state index in [-0.39, 0.29) is 0 Å². The molecule has 2 nitrogen and oxygen atoms in total. The Kier molecular flexibility index (Phi) is 6.62. The monoisotopic (exact) mass is 382 g/mol. The number of benzene rings is 2. The molecule has 4 rings (SSSR count). The molecule has 0 unspecified atom stereocenters. The van der Waals surface area contributed by atoms with Gasteiger partial charge in [0, 0.05) is 9.79 Å². The number of rotatable bonds is 6. The van der Waals surface area contributed by atoms with Gasteiger partial charge in [-0.1, -0.05) is 24.6 Å². The van der Waals surface area contributed by atoms with Crippen molar-refractivity contribution in [2.75, 3.05) is 0 Å². The van der Waals surface area contributed by atoms with Gasteiger partial charge < -0.3 is 9.47 Å². The Morgan fingerprint density at radius 1 is 0.519 bits per heavy atom. The molecule has 0 amide bonds. The Morgan fingerprint density at radius 3 is 1.26 bits per heavy atom. The van der Waals surface area contributed by atoms with Crippen molar-refractivity contribution in [2.45, 2.75) is 86.2 Å². The molecule has 0 N–H and O–H groups in total. The van der Waals surface area contributed by atoms with E-state index in [9.17, 15) is 0 Å². The highest BCUT2D eigenvalue weighted by molar-refractivity contribution is 7.99. The molecule has 2 saturated carbocycles. The molecule has 0 radical (unpaired) electrons. The lowest BCUT2D eigenvalue weighted by Crippen LogP contribution is -2.19. The average molecular weight is 383 g/mol. The van der Waals surface area contributed by atoms with Gasteiger partial charge in [-0.25, -0.2) is 0 Å². The average Bonchev–Trinajstić information content (AvgIpc) is 2.73. The molecular weight excluding hydrogens is 352 g/mol. The van der Waals surface area contributed by atoms with E-state index in [4.69, 9.17) is 9.47 Å². The van der Waals surface area contributed by atoms with E-state index in [2.05, 4.69) is 48.5 Å². The Hall–Kier alpha value is -1.61. The molecule has 0 spiro atoms. The molecule has 2 aliphatic rings. The largest absolute Gasteiger partial charge is 0.490 e. The van der Waals surface area contributed by atoms with Crippen molar-refractivity contribution in [3.63, 3.8) is 0 Å². The second-order valence-electron chi connectivity index (χ2n) is 7.80. The summed E-state index contributed by atoms with van der Waals surface area (Å²) in [6.45, 7) is 0. The first-order chi connectivity index (χ1) is 13.3. The van der Waals surface area contributed by atoms with Crippen molar-refractivity contribution in [3.8, 4) is 11.5 Å². The minimum atomic E-state index is 0.411. The Bertz CT molecular complexity index is 622. The van der Waals surface area contributed by atoms with E-state index in [0.717, 1.165) is 11.5 Å². The first kappa shape index (κ1) is 18.7. The van der Waals surface area contributed by atoms with Crippen LogP contribution in [0.15, 0.2) is 58.3 Å². The van der Waals surface area contributed by atoms with Crippen LogP contribution in [0, 0.1) is 0 Å². The Balaban J connectivity index is 1.29. The van der Waals surface area contributed by atoms with E-state index in [1.807, 2.05) is 0 Å². The van der Waals surface area contributed by atoms with E-state index in [1.165, 1.54) is 74.0 Å². The summed E-state index contributed by atoms with van der Waals surface area (Å²) in [5, 5.41) is 0. The van der Waals surface area contributed by atoms with Crippen LogP contribution >= 0.6 is 11.8 Å². The standard InChI is InChI=1S/C24H30O2S/c1-3-7-19(8-4-1)25-21-11-15-23(16-12-21)27-24-17-13-22(14-18-24)26-20-9-5-2-6-10-20/h11-20H,1-10H2. The van der Waals surface area contributed by atoms with Crippen molar-refractivity contribution in [2.24, 2.45) is 0 Å². The fourth-order valence-electron chi connectivity index (χ4n) is 4.06. The predicted molar refractivity (Wildman–Crippen MR) is 112 cm³/mol. The summed E-state index contributed by atoms with van der Waals surface area (Å²) >= 11 is 1.79. The molecule has 0 heterocycles. The van der Waals surface area contributed by atoms with Crippen LogP contribution in [0.2, 0.25) is 0 Å². The summed E-state index contributed by atoms with van der Waals surface area (Å²) in [4.78, 5) is 2.49. The predicted octanol–water partition coefficient (Wildman–Crippen LogP) is 7.26. The lowest BCUT2D eigenvalue weighted by molar-refractivity contribution is 0.155. The van der Waals surface area contributed by atoms with Crippen molar-refractivity contribution in [1.82, 2.24) is 0 Å². The summed E-state index contributed by atoms with van der Waals surface area (Å²) < 4.78 is 12.2. The van der Waals surface area contributed by atoms with Crippen LogP contribution in [0.3, 0.4) is 0 Å². The van der Waals surface area contributed by atoms with Gasteiger partial charge >= 0.3 is 0 Å². The summed E-state index contributed by atoms with van der Waals surface area (Å²) in [7, 11) is 0. The van der Waals surface area contributed by atoms with E-state index >= 15 is 0 Å². The first-order valence-corrected chi connectivity index (χ1v) is 11.4. The quantitative estimate of drug-likeness (QED) is 0.524. The van der Waals surface area contributed by atoms with Gasteiger partial charge in [0.2, 0.25) is 0 Å². The summed E-state index contributed by atoms with van der Waals surface area (Å²) in [6.07, 6.45) is 13.6. The van der Waals surface area contributed by atoms with Gasteiger partial charge in [-0.3, -0.25) is 0 Å². The van der Waals surface area contributed by atoms with E-state index in [0.29, 0.717) is 12.2 Å². The van der Waals surface area contributed by atoms with Crippen LogP contribution in [0.5, 0.6) is 11.5 Å². The third kappa shape index (κ3) is 5.68. The topological polar surface area (TPSA) is 18.5 Å². The van der Waals surface area contributed by atoms with Gasteiger partial charge in [-0.05, 0) is 99.9 Å². The van der Waals surface area contributed by atoms with Crippen molar-refractivity contribution in [1.29, 1.82) is 0 Å². The van der Waals surface area contributed by atoms with Crippen LogP contribution in [0.4, 0.5) is 0 Å². The molecule has 2 aromatic carbocycles.